The van der Waals surface area contributed by atoms with Crippen LogP contribution in [-0.4, -0.2) is 20.2 Å². The van der Waals surface area contributed by atoms with Gasteiger partial charge in [-0.3, -0.25) is 4.79 Å². The smallest absolute Gasteiger partial charge is 0.310 e. The number of benzene rings is 3. The highest BCUT2D eigenvalue weighted by atomic mass is 16.5. The predicted octanol–water partition coefficient (Wildman–Crippen LogP) is 4.53. The Hall–Kier alpha value is -3.78. The Balaban J connectivity index is 1.60. The molecule has 0 bridgehead atoms. The standard InChI is InChI=1S/C24H21NO4/c1-27-22-12-9-18(13-23(22)28-2)14-24(26)29-16-17-7-10-19(11-8-17)21-6-4-3-5-20(21)15-25/h3-13H,14,16H2,1-2H3. The number of esters is 1. The first-order valence-electron chi connectivity index (χ1n) is 9.09. The van der Waals surface area contributed by atoms with Crippen LogP contribution in [0.25, 0.3) is 11.1 Å². The highest BCUT2D eigenvalue weighted by Crippen LogP contribution is 2.28. The molecule has 3 rings (SSSR count). The van der Waals surface area contributed by atoms with Crippen LogP contribution in [0, 0.1) is 11.3 Å². The summed E-state index contributed by atoms with van der Waals surface area (Å²) in [7, 11) is 3.12. The second-order valence-electron chi connectivity index (χ2n) is 6.38. The van der Waals surface area contributed by atoms with Gasteiger partial charge in [0.15, 0.2) is 11.5 Å². The first kappa shape index (κ1) is 20.0. The lowest BCUT2D eigenvalue weighted by Crippen LogP contribution is -2.08. The molecule has 5 nitrogen and oxygen atoms in total. The number of hydrogen-bond acceptors (Lipinski definition) is 5. The van der Waals surface area contributed by atoms with Crippen LogP contribution < -0.4 is 9.47 Å². The Bertz CT molecular complexity index is 1040. The molecule has 0 unspecified atom stereocenters. The van der Waals surface area contributed by atoms with E-state index in [1.807, 2.05) is 48.5 Å². The lowest BCUT2D eigenvalue weighted by Gasteiger charge is -2.10. The Morgan fingerprint density at radius 2 is 1.59 bits per heavy atom. The van der Waals surface area contributed by atoms with Crippen molar-refractivity contribution in [1.82, 2.24) is 0 Å². The van der Waals surface area contributed by atoms with Gasteiger partial charge in [0, 0.05) is 0 Å². The van der Waals surface area contributed by atoms with E-state index in [-0.39, 0.29) is 19.0 Å². The summed E-state index contributed by atoms with van der Waals surface area (Å²) < 4.78 is 15.8. The van der Waals surface area contributed by atoms with E-state index in [0.29, 0.717) is 17.1 Å². The molecule has 0 aliphatic rings. The van der Waals surface area contributed by atoms with E-state index < -0.39 is 0 Å². The molecule has 0 aliphatic carbocycles. The SMILES string of the molecule is COc1ccc(CC(=O)OCc2ccc(-c3ccccc3C#N)cc2)cc1OC. The van der Waals surface area contributed by atoms with Crippen molar-refractivity contribution >= 4 is 5.97 Å². The molecule has 0 N–H and O–H groups in total. The maximum Gasteiger partial charge on any atom is 0.310 e. The van der Waals surface area contributed by atoms with Gasteiger partial charge in [0.2, 0.25) is 0 Å². The van der Waals surface area contributed by atoms with Gasteiger partial charge in [-0.1, -0.05) is 48.5 Å². The Morgan fingerprint density at radius 1 is 0.897 bits per heavy atom. The predicted molar refractivity (Wildman–Crippen MR) is 110 cm³/mol. The van der Waals surface area contributed by atoms with Crippen LogP contribution in [0.5, 0.6) is 11.5 Å². The number of nitrogens with zero attached hydrogens (tertiary/aromatic N) is 1. The summed E-state index contributed by atoms with van der Waals surface area (Å²) >= 11 is 0. The third kappa shape index (κ3) is 4.94. The normalized spacial score (nSPS) is 10.1. The van der Waals surface area contributed by atoms with Crippen LogP contribution in [0.1, 0.15) is 16.7 Å². The third-order valence-corrected chi connectivity index (χ3v) is 4.51. The molecular weight excluding hydrogens is 366 g/mol. The Kier molecular flexibility index (Phi) is 6.49. The zero-order chi connectivity index (χ0) is 20.6. The van der Waals surface area contributed by atoms with Gasteiger partial charge < -0.3 is 14.2 Å². The summed E-state index contributed by atoms with van der Waals surface area (Å²) in [5.41, 5.74) is 4.12. The van der Waals surface area contributed by atoms with Gasteiger partial charge in [-0.25, -0.2) is 0 Å². The molecule has 146 valence electrons. The van der Waals surface area contributed by atoms with Gasteiger partial charge in [-0.2, -0.15) is 5.26 Å². The van der Waals surface area contributed by atoms with E-state index in [2.05, 4.69) is 6.07 Å². The fourth-order valence-electron chi connectivity index (χ4n) is 2.98. The van der Waals surface area contributed by atoms with Crippen LogP contribution in [-0.2, 0) is 22.6 Å². The van der Waals surface area contributed by atoms with Crippen molar-refractivity contribution in [2.75, 3.05) is 14.2 Å². The summed E-state index contributed by atoms with van der Waals surface area (Å²) in [5.74, 6) is 0.866. The van der Waals surface area contributed by atoms with Gasteiger partial charge in [-0.15, -0.1) is 0 Å². The molecule has 0 radical (unpaired) electrons. The summed E-state index contributed by atoms with van der Waals surface area (Å²) in [6.45, 7) is 0.187. The number of carbonyl (C=O) groups excluding carboxylic acids is 1. The molecule has 0 saturated carbocycles. The van der Waals surface area contributed by atoms with Crippen molar-refractivity contribution < 1.29 is 19.0 Å². The number of methoxy groups -OCH3 is 2. The maximum atomic E-state index is 12.2. The van der Waals surface area contributed by atoms with E-state index in [1.165, 1.54) is 0 Å². The first-order valence-corrected chi connectivity index (χ1v) is 9.09. The second kappa shape index (κ2) is 9.43. The van der Waals surface area contributed by atoms with Crippen molar-refractivity contribution in [1.29, 1.82) is 5.26 Å². The maximum absolute atomic E-state index is 12.2. The Labute approximate surface area is 170 Å². The number of nitriles is 1. The van der Waals surface area contributed by atoms with Crippen molar-refractivity contribution in [2.24, 2.45) is 0 Å². The van der Waals surface area contributed by atoms with E-state index in [9.17, 15) is 10.1 Å². The molecule has 0 saturated heterocycles. The minimum absolute atomic E-state index is 0.147. The number of carbonyl (C=O) groups is 1. The molecule has 5 heteroatoms. The number of ether oxygens (including phenoxy) is 3. The average molecular weight is 387 g/mol. The molecular formula is C24H21NO4. The fourth-order valence-corrected chi connectivity index (χ4v) is 2.98. The zero-order valence-electron chi connectivity index (χ0n) is 16.3. The second-order valence-corrected chi connectivity index (χ2v) is 6.38. The molecule has 0 fully saturated rings. The summed E-state index contributed by atoms with van der Waals surface area (Å²) in [5, 5.41) is 9.24. The molecule has 0 amide bonds. The molecule has 0 heterocycles. The lowest BCUT2D eigenvalue weighted by molar-refractivity contribution is -0.144. The van der Waals surface area contributed by atoms with E-state index in [1.54, 1.807) is 32.4 Å². The molecule has 3 aromatic carbocycles. The minimum atomic E-state index is -0.323. The lowest BCUT2D eigenvalue weighted by atomic mass is 9.99. The number of rotatable bonds is 7. The molecule has 3 aromatic rings. The van der Waals surface area contributed by atoms with Crippen LogP contribution in [0.4, 0.5) is 0 Å². The van der Waals surface area contributed by atoms with Crippen LogP contribution >= 0.6 is 0 Å². The van der Waals surface area contributed by atoms with Crippen molar-refractivity contribution in [2.45, 2.75) is 13.0 Å². The summed E-state index contributed by atoms with van der Waals surface area (Å²) in [4.78, 5) is 12.2. The van der Waals surface area contributed by atoms with Crippen molar-refractivity contribution in [3.8, 4) is 28.7 Å². The third-order valence-electron chi connectivity index (χ3n) is 4.51. The Morgan fingerprint density at radius 3 is 2.28 bits per heavy atom. The molecule has 0 atom stereocenters. The van der Waals surface area contributed by atoms with Crippen LogP contribution in [0.2, 0.25) is 0 Å². The highest BCUT2D eigenvalue weighted by molar-refractivity contribution is 5.73. The van der Waals surface area contributed by atoms with Gasteiger partial charge in [0.1, 0.15) is 6.61 Å². The summed E-state index contributed by atoms with van der Waals surface area (Å²) in [6, 6.07) is 22.6. The topological polar surface area (TPSA) is 68.5 Å². The fraction of sp³-hybridized carbons (Fsp3) is 0.167. The number of hydrogen-bond donors (Lipinski definition) is 0. The van der Waals surface area contributed by atoms with Gasteiger partial charge >= 0.3 is 5.97 Å². The average Bonchev–Trinajstić information content (AvgIpc) is 2.78. The van der Waals surface area contributed by atoms with Crippen molar-refractivity contribution in [3.05, 3.63) is 83.4 Å². The van der Waals surface area contributed by atoms with Crippen LogP contribution in [0.15, 0.2) is 66.7 Å². The van der Waals surface area contributed by atoms with E-state index >= 15 is 0 Å². The van der Waals surface area contributed by atoms with Crippen LogP contribution in [0.3, 0.4) is 0 Å². The van der Waals surface area contributed by atoms with Crippen molar-refractivity contribution in [3.63, 3.8) is 0 Å². The van der Waals surface area contributed by atoms with Gasteiger partial charge in [-0.05, 0) is 40.5 Å². The molecule has 29 heavy (non-hydrogen) atoms. The quantitative estimate of drug-likeness (QED) is 0.557. The molecule has 0 aromatic heterocycles. The molecule has 0 spiro atoms. The summed E-state index contributed by atoms with van der Waals surface area (Å²) in [6.07, 6.45) is 0.147. The molecule has 0 aliphatic heterocycles. The van der Waals surface area contributed by atoms with E-state index in [0.717, 1.165) is 22.3 Å². The monoisotopic (exact) mass is 387 g/mol. The highest BCUT2D eigenvalue weighted by Gasteiger charge is 2.10. The first-order chi connectivity index (χ1) is 14.1. The van der Waals surface area contributed by atoms with Gasteiger partial charge in [0.05, 0.1) is 32.3 Å². The minimum Gasteiger partial charge on any atom is -0.493 e. The zero-order valence-corrected chi connectivity index (χ0v) is 16.3. The van der Waals surface area contributed by atoms with E-state index in [4.69, 9.17) is 14.2 Å². The largest absolute Gasteiger partial charge is 0.493 e. The van der Waals surface area contributed by atoms with Gasteiger partial charge in [0.25, 0.3) is 0 Å².